The quantitative estimate of drug-likeness (QED) is 0.417. The van der Waals surface area contributed by atoms with E-state index in [1.54, 1.807) is 22.9 Å². The Morgan fingerprint density at radius 2 is 2.26 bits per heavy atom. The van der Waals surface area contributed by atoms with Gasteiger partial charge in [-0.25, -0.2) is 9.97 Å². The fourth-order valence-corrected chi connectivity index (χ4v) is 4.98. The summed E-state index contributed by atoms with van der Waals surface area (Å²) in [4.78, 5) is 51.0. The number of amides is 3. The number of hydrogen-bond acceptors (Lipinski definition) is 8. The second-order valence-corrected chi connectivity index (χ2v) is 9.30. The predicted molar refractivity (Wildman–Crippen MR) is 118 cm³/mol. The minimum Gasteiger partial charge on any atom is -0.338 e. The molecule has 1 N–H and O–H groups in total. The van der Waals surface area contributed by atoms with E-state index < -0.39 is 11.1 Å². The molecule has 4 heterocycles. The smallest absolute Gasteiger partial charge is 0.290 e. The molecule has 4 rings (SSSR count). The number of hydrogen-bond donors (Lipinski definition) is 1. The largest absolute Gasteiger partial charge is 0.338 e. The summed E-state index contributed by atoms with van der Waals surface area (Å²) < 4.78 is 0. The molecule has 3 amide bonds. The van der Waals surface area contributed by atoms with Crippen LogP contribution >= 0.6 is 23.5 Å². The Morgan fingerprint density at radius 3 is 3.00 bits per heavy atom. The van der Waals surface area contributed by atoms with E-state index >= 15 is 0 Å². The van der Waals surface area contributed by atoms with Crippen LogP contribution in [0.5, 0.6) is 0 Å². The standard InChI is InChI=1S/C21H21N5O3S2/c1-13-9-23-20(30-12-14-4-2-6-22-10-14)24-18(13)15-5-3-7-26(11-15)17(27)8-16-19(28)25-21(29)31-16/h2,4,6,8-10,15H,3,5,7,11-12H2,1H3,(H,25,28,29). The van der Waals surface area contributed by atoms with E-state index in [2.05, 4.69) is 15.3 Å². The Balaban J connectivity index is 1.45. The van der Waals surface area contributed by atoms with E-state index in [0.717, 1.165) is 47.2 Å². The molecule has 0 saturated carbocycles. The number of imide groups is 1. The average Bonchev–Trinajstić information content (AvgIpc) is 3.10. The van der Waals surface area contributed by atoms with Gasteiger partial charge in [0.05, 0.1) is 10.6 Å². The molecule has 2 aliphatic heterocycles. The summed E-state index contributed by atoms with van der Waals surface area (Å²) >= 11 is 2.32. The maximum atomic E-state index is 12.7. The number of pyridine rings is 1. The molecule has 0 aliphatic carbocycles. The number of aryl methyl sites for hydroxylation is 1. The van der Waals surface area contributed by atoms with Gasteiger partial charge in [0.1, 0.15) is 0 Å². The van der Waals surface area contributed by atoms with E-state index in [9.17, 15) is 14.4 Å². The molecule has 31 heavy (non-hydrogen) atoms. The van der Waals surface area contributed by atoms with Crippen LogP contribution in [0, 0.1) is 6.92 Å². The third-order valence-corrected chi connectivity index (χ3v) is 6.84. The molecule has 2 saturated heterocycles. The third kappa shape index (κ3) is 5.31. The summed E-state index contributed by atoms with van der Waals surface area (Å²) in [5.74, 6) is 0.0646. The topological polar surface area (TPSA) is 105 Å². The molecule has 0 radical (unpaired) electrons. The maximum absolute atomic E-state index is 12.7. The molecule has 2 aliphatic rings. The van der Waals surface area contributed by atoms with Crippen molar-refractivity contribution in [1.29, 1.82) is 0 Å². The molecular weight excluding hydrogens is 434 g/mol. The summed E-state index contributed by atoms with van der Waals surface area (Å²) in [6, 6.07) is 3.93. The lowest BCUT2D eigenvalue weighted by molar-refractivity contribution is -0.127. The van der Waals surface area contributed by atoms with Gasteiger partial charge < -0.3 is 4.90 Å². The van der Waals surface area contributed by atoms with Crippen LogP contribution in [0.15, 0.2) is 46.9 Å². The molecule has 0 spiro atoms. The van der Waals surface area contributed by atoms with Crippen LogP contribution < -0.4 is 5.32 Å². The van der Waals surface area contributed by atoms with Gasteiger partial charge in [-0.3, -0.25) is 24.7 Å². The van der Waals surface area contributed by atoms with Gasteiger partial charge in [0.25, 0.3) is 11.1 Å². The summed E-state index contributed by atoms with van der Waals surface area (Å²) in [7, 11) is 0. The monoisotopic (exact) mass is 455 g/mol. The summed E-state index contributed by atoms with van der Waals surface area (Å²) in [6.45, 7) is 3.12. The number of nitrogens with zero attached hydrogens (tertiary/aromatic N) is 4. The van der Waals surface area contributed by atoms with Crippen molar-refractivity contribution in [2.75, 3.05) is 13.1 Å². The lowest BCUT2D eigenvalue weighted by atomic mass is 9.92. The number of nitrogens with one attached hydrogen (secondary N) is 1. The minimum absolute atomic E-state index is 0.100. The van der Waals surface area contributed by atoms with Crippen LogP contribution in [-0.4, -0.2) is 50.0 Å². The van der Waals surface area contributed by atoms with E-state index in [-0.39, 0.29) is 16.7 Å². The Kier molecular flexibility index (Phi) is 6.67. The maximum Gasteiger partial charge on any atom is 0.290 e. The molecular formula is C21H21N5O3S2. The van der Waals surface area contributed by atoms with Gasteiger partial charge in [0.15, 0.2) is 5.16 Å². The zero-order chi connectivity index (χ0) is 21.8. The van der Waals surface area contributed by atoms with Gasteiger partial charge in [-0.15, -0.1) is 0 Å². The fraction of sp³-hybridized carbons (Fsp3) is 0.333. The zero-order valence-electron chi connectivity index (χ0n) is 16.9. The Labute approximate surface area is 188 Å². The molecule has 10 heteroatoms. The first kappa shape index (κ1) is 21.5. The molecule has 0 aromatic carbocycles. The normalized spacial score (nSPS) is 20.2. The summed E-state index contributed by atoms with van der Waals surface area (Å²) in [6.07, 6.45) is 8.45. The number of carbonyl (C=O) groups is 3. The average molecular weight is 456 g/mol. The molecule has 1 atom stereocenters. The number of piperidine rings is 1. The van der Waals surface area contributed by atoms with Crippen molar-refractivity contribution >= 4 is 40.6 Å². The Morgan fingerprint density at radius 1 is 1.39 bits per heavy atom. The van der Waals surface area contributed by atoms with Crippen molar-refractivity contribution in [2.24, 2.45) is 0 Å². The van der Waals surface area contributed by atoms with Crippen LogP contribution in [-0.2, 0) is 15.3 Å². The van der Waals surface area contributed by atoms with Crippen LogP contribution in [0.3, 0.4) is 0 Å². The lowest BCUT2D eigenvalue weighted by Gasteiger charge is -2.32. The first-order chi connectivity index (χ1) is 15.0. The Bertz CT molecular complexity index is 1040. The molecule has 2 aromatic heterocycles. The number of carbonyl (C=O) groups excluding carboxylic acids is 3. The van der Waals surface area contributed by atoms with E-state index in [1.807, 2.05) is 31.5 Å². The lowest BCUT2D eigenvalue weighted by Crippen LogP contribution is -2.39. The molecule has 2 aromatic rings. The molecule has 160 valence electrons. The van der Waals surface area contributed by atoms with Gasteiger partial charge in [0.2, 0.25) is 5.91 Å². The van der Waals surface area contributed by atoms with Gasteiger partial charge >= 0.3 is 0 Å². The second-order valence-electron chi connectivity index (χ2n) is 7.35. The number of rotatable bonds is 5. The first-order valence-electron chi connectivity index (χ1n) is 9.88. The molecule has 1 unspecified atom stereocenters. The van der Waals surface area contributed by atoms with Gasteiger partial charge in [-0.2, -0.15) is 0 Å². The highest BCUT2D eigenvalue weighted by Crippen LogP contribution is 2.30. The van der Waals surface area contributed by atoms with E-state index in [1.165, 1.54) is 6.08 Å². The highest BCUT2D eigenvalue weighted by molar-refractivity contribution is 8.18. The molecule has 0 bridgehead atoms. The summed E-state index contributed by atoms with van der Waals surface area (Å²) in [5, 5.41) is 2.42. The highest BCUT2D eigenvalue weighted by Gasteiger charge is 2.30. The summed E-state index contributed by atoms with van der Waals surface area (Å²) in [5.41, 5.74) is 3.06. The molecule has 8 nitrogen and oxygen atoms in total. The SMILES string of the molecule is Cc1cnc(SCc2cccnc2)nc1C1CCCN(C(=O)C=C2SC(=O)NC2=O)C1. The second kappa shape index (κ2) is 9.61. The van der Waals surface area contributed by atoms with Crippen molar-refractivity contribution in [2.45, 2.75) is 36.6 Å². The van der Waals surface area contributed by atoms with Crippen LogP contribution in [0.2, 0.25) is 0 Å². The van der Waals surface area contributed by atoms with Crippen molar-refractivity contribution in [1.82, 2.24) is 25.2 Å². The van der Waals surface area contributed by atoms with Crippen LogP contribution in [0.1, 0.15) is 35.6 Å². The minimum atomic E-state index is -0.515. The van der Waals surface area contributed by atoms with E-state index in [4.69, 9.17) is 4.98 Å². The van der Waals surface area contributed by atoms with Crippen molar-refractivity contribution in [3.05, 3.63) is 58.5 Å². The van der Waals surface area contributed by atoms with E-state index in [0.29, 0.717) is 18.2 Å². The van der Waals surface area contributed by atoms with Crippen LogP contribution in [0.25, 0.3) is 0 Å². The van der Waals surface area contributed by atoms with Gasteiger partial charge in [0, 0.05) is 49.4 Å². The highest BCUT2D eigenvalue weighted by atomic mass is 32.2. The number of likely N-dealkylation sites (tertiary alicyclic amines) is 1. The third-order valence-electron chi connectivity index (χ3n) is 5.10. The zero-order valence-corrected chi connectivity index (χ0v) is 18.5. The van der Waals surface area contributed by atoms with Crippen molar-refractivity contribution < 1.29 is 14.4 Å². The number of thioether (sulfide) groups is 2. The predicted octanol–water partition coefficient (Wildman–Crippen LogP) is 3.05. The first-order valence-corrected chi connectivity index (χ1v) is 11.7. The van der Waals surface area contributed by atoms with Gasteiger partial charge in [-0.05, 0) is 48.7 Å². The number of aromatic nitrogens is 3. The van der Waals surface area contributed by atoms with Gasteiger partial charge in [-0.1, -0.05) is 17.8 Å². The van der Waals surface area contributed by atoms with Crippen molar-refractivity contribution in [3.63, 3.8) is 0 Å². The van der Waals surface area contributed by atoms with Crippen LogP contribution in [0.4, 0.5) is 4.79 Å². The fourth-order valence-electron chi connectivity index (χ4n) is 3.58. The van der Waals surface area contributed by atoms with Crippen molar-refractivity contribution in [3.8, 4) is 0 Å². The molecule has 2 fully saturated rings. The Hall–Kier alpha value is -2.72.